The highest BCUT2D eigenvalue weighted by Gasteiger charge is 2.40. The normalized spacial score (nSPS) is 18.1. The minimum Gasteiger partial charge on any atom is -0.330 e. The van der Waals surface area contributed by atoms with Crippen LogP contribution in [0.25, 0.3) is 0 Å². The van der Waals surface area contributed by atoms with Gasteiger partial charge in [0.2, 0.25) is 0 Å². The smallest absolute Gasteiger partial charge is 0.123 e. The van der Waals surface area contributed by atoms with Crippen molar-refractivity contribution in [1.82, 2.24) is 0 Å². The summed E-state index contributed by atoms with van der Waals surface area (Å²) in [5, 5.41) is 0. The van der Waals surface area contributed by atoms with Gasteiger partial charge in [0.1, 0.15) is 5.82 Å². The molecular weight excluding hydrogens is 177 g/mol. The topological polar surface area (TPSA) is 26.0 Å². The lowest BCUT2D eigenvalue weighted by Crippen LogP contribution is -2.16. The fourth-order valence-electron chi connectivity index (χ4n) is 1.83. The molecule has 0 bridgehead atoms. The minimum absolute atomic E-state index is 0.139. The van der Waals surface area contributed by atoms with Gasteiger partial charge >= 0.3 is 0 Å². The van der Waals surface area contributed by atoms with E-state index in [-0.39, 0.29) is 5.82 Å². The fourth-order valence-corrected chi connectivity index (χ4v) is 1.83. The van der Waals surface area contributed by atoms with E-state index in [1.165, 1.54) is 18.9 Å². The van der Waals surface area contributed by atoms with Crippen LogP contribution in [-0.2, 0) is 6.42 Å². The molecule has 2 N–H and O–H groups in total. The number of hydrogen-bond acceptors (Lipinski definition) is 1. The van der Waals surface area contributed by atoms with Gasteiger partial charge in [-0.05, 0) is 55.3 Å². The van der Waals surface area contributed by atoms with Crippen LogP contribution >= 0.6 is 0 Å². The molecule has 0 aromatic heterocycles. The van der Waals surface area contributed by atoms with Crippen LogP contribution in [-0.4, -0.2) is 6.54 Å². The van der Waals surface area contributed by atoms with E-state index in [4.69, 9.17) is 5.73 Å². The van der Waals surface area contributed by atoms with Gasteiger partial charge in [0.05, 0.1) is 0 Å². The lowest BCUT2D eigenvalue weighted by molar-refractivity contribution is 0.478. The summed E-state index contributed by atoms with van der Waals surface area (Å²) in [5.74, 6) is -0.139. The van der Waals surface area contributed by atoms with E-state index in [1.54, 1.807) is 12.1 Å². The molecule has 1 fully saturated rings. The first-order valence-corrected chi connectivity index (χ1v) is 5.19. The molecule has 1 nitrogen and oxygen atoms in total. The van der Waals surface area contributed by atoms with Crippen molar-refractivity contribution in [3.05, 3.63) is 35.6 Å². The number of benzene rings is 1. The monoisotopic (exact) mass is 193 g/mol. The van der Waals surface area contributed by atoms with E-state index in [0.717, 1.165) is 24.9 Å². The van der Waals surface area contributed by atoms with Crippen LogP contribution in [0.2, 0.25) is 0 Å². The highest BCUT2D eigenvalue weighted by molar-refractivity contribution is 5.17. The van der Waals surface area contributed by atoms with Gasteiger partial charge in [-0.15, -0.1) is 0 Å². The lowest BCUT2D eigenvalue weighted by atomic mass is 9.97. The zero-order chi connectivity index (χ0) is 10.0. The standard InChI is InChI=1S/C12H16FN/c13-11-3-1-2-10(8-11)4-5-12(9-14)6-7-12/h1-3,8H,4-7,9,14H2. The number of aryl methyl sites for hydroxylation is 1. The first-order chi connectivity index (χ1) is 6.74. The predicted molar refractivity (Wildman–Crippen MR) is 55.4 cm³/mol. The quantitative estimate of drug-likeness (QED) is 0.781. The van der Waals surface area contributed by atoms with Crippen molar-refractivity contribution in [2.45, 2.75) is 25.7 Å². The second-order valence-corrected chi connectivity index (χ2v) is 4.33. The Labute approximate surface area is 84.1 Å². The van der Waals surface area contributed by atoms with E-state index < -0.39 is 0 Å². The third kappa shape index (κ3) is 2.13. The molecule has 0 heterocycles. The molecule has 2 heteroatoms. The fraction of sp³-hybridized carbons (Fsp3) is 0.500. The van der Waals surface area contributed by atoms with Crippen molar-refractivity contribution >= 4 is 0 Å². The van der Waals surface area contributed by atoms with Crippen molar-refractivity contribution < 1.29 is 4.39 Å². The van der Waals surface area contributed by atoms with Crippen molar-refractivity contribution in [2.75, 3.05) is 6.54 Å². The number of nitrogens with two attached hydrogens (primary N) is 1. The van der Waals surface area contributed by atoms with E-state index in [9.17, 15) is 4.39 Å². The molecule has 1 saturated carbocycles. The van der Waals surface area contributed by atoms with Crippen LogP contribution in [0, 0.1) is 11.2 Å². The summed E-state index contributed by atoms with van der Waals surface area (Å²) in [7, 11) is 0. The Balaban J connectivity index is 1.92. The van der Waals surface area contributed by atoms with Crippen molar-refractivity contribution in [3.8, 4) is 0 Å². The maximum Gasteiger partial charge on any atom is 0.123 e. The number of hydrogen-bond donors (Lipinski definition) is 1. The van der Waals surface area contributed by atoms with Gasteiger partial charge in [-0.1, -0.05) is 12.1 Å². The Kier molecular flexibility index (Phi) is 2.55. The van der Waals surface area contributed by atoms with Crippen LogP contribution in [0.1, 0.15) is 24.8 Å². The molecule has 0 radical (unpaired) electrons. The summed E-state index contributed by atoms with van der Waals surface area (Å²) in [4.78, 5) is 0. The Bertz CT molecular complexity index is 318. The molecule has 0 saturated heterocycles. The molecular formula is C12H16FN. The second-order valence-electron chi connectivity index (χ2n) is 4.33. The molecule has 0 amide bonds. The molecule has 0 unspecified atom stereocenters. The van der Waals surface area contributed by atoms with E-state index in [1.807, 2.05) is 6.07 Å². The third-order valence-electron chi connectivity index (χ3n) is 3.22. The Hall–Kier alpha value is -0.890. The van der Waals surface area contributed by atoms with Crippen molar-refractivity contribution in [2.24, 2.45) is 11.1 Å². The summed E-state index contributed by atoms with van der Waals surface area (Å²) in [6.45, 7) is 0.780. The summed E-state index contributed by atoms with van der Waals surface area (Å²) in [5.41, 5.74) is 7.17. The van der Waals surface area contributed by atoms with Gasteiger partial charge < -0.3 is 5.73 Å². The number of rotatable bonds is 4. The number of halogens is 1. The second kappa shape index (κ2) is 3.70. The SMILES string of the molecule is NCC1(CCc2cccc(F)c2)CC1. The summed E-state index contributed by atoms with van der Waals surface area (Å²) in [6, 6.07) is 6.86. The van der Waals surface area contributed by atoms with Gasteiger partial charge in [0, 0.05) is 0 Å². The maximum absolute atomic E-state index is 12.9. The molecule has 1 aromatic rings. The molecule has 1 aliphatic rings. The molecule has 2 rings (SSSR count). The Morgan fingerprint density at radius 1 is 1.36 bits per heavy atom. The molecule has 0 spiro atoms. The van der Waals surface area contributed by atoms with E-state index in [0.29, 0.717) is 5.41 Å². The highest BCUT2D eigenvalue weighted by Crippen LogP contribution is 2.48. The summed E-state index contributed by atoms with van der Waals surface area (Å²) in [6.07, 6.45) is 4.56. The predicted octanol–water partition coefficient (Wildman–Crippen LogP) is 2.50. The third-order valence-corrected chi connectivity index (χ3v) is 3.22. The average Bonchev–Trinajstić information content (AvgIpc) is 2.96. The average molecular weight is 193 g/mol. The van der Waals surface area contributed by atoms with Crippen LogP contribution < -0.4 is 5.73 Å². The highest BCUT2D eigenvalue weighted by atomic mass is 19.1. The first kappa shape index (κ1) is 9.66. The van der Waals surface area contributed by atoms with Gasteiger partial charge in [-0.3, -0.25) is 0 Å². The minimum atomic E-state index is -0.139. The zero-order valence-corrected chi connectivity index (χ0v) is 8.30. The van der Waals surface area contributed by atoms with Gasteiger partial charge in [-0.2, -0.15) is 0 Å². The molecule has 76 valence electrons. The van der Waals surface area contributed by atoms with E-state index >= 15 is 0 Å². The molecule has 0 atom stereocenters. The van der Waals surface area contributed by atoms with Crippen LogP contribution in [0.4, 0.5) is 4.39 Å². The molecule has 14 heavy (non-hydrogen) atoms. The van der Waals surface area contributed by atoms with Crippen LogP contribution in [0.5, 0.6) is 0 Å². The van der Waals surface area contributed by atoms with Crippen LogP contribution in [0.3, 0.4) is 0 Å². The van der Waals surface area contributed by atoms with Gasteiger partial charge in [0.15, 0.2) is 0 Å². The molecule has 1 aromatic carbocycles. The summed E-state index contributed by atoms with van der Waals surface area (Å²) >= 11 is 0. The summed E-state index contributed by atoms with van der Waals surface area (Å²) < 4.78 is 12.9. The van der Waals surface area contributed by atoms with Crippen molar-refractivity contribution in [3.63, 3.8) is 0 Å². The van der Waals surface area contributed by atoms with Gasteiger partial charge in [-0.25, -0.2) is 4.39 Å². The van der Waals surface area contributed by atoms with Crippen molar-refractivity contribution in [1.29, 1.82) is 0 Å². The Morgan fingerprint density at radius 2 is 2.14 bits per heavy atom. The lowest BCUT2D eigenvalue weighted by Gasteiger charge is -2.11. The van der Waals surface area contributed by atoms with Crippen LogP contribution in [0.15, 0.2) is 24.3 Å². The Morgan fingerprint density at radius 3 is 2.71 bits per heavy atom. The molecule has 0 aliphatic heterocycles. The van der Waals surface area contributed by atoms with E-state index in [2.05, 4.69) is 0 Å². The molecule has 1 aliphatic carbocycles. The zero-order valence-electron chi connectivity index (χ0n) is 8.30. The largest absolute Gasteiger partial charge is 0.330 e. The first-order valence-electron chi connectivity index (χ1n) is 5.19. The van der Waals surface area contributed by atoms with Gasteiger partial charge in [0.25, 0.3) is 0 Å². The maximum atomic E-state index is 12.9.